The van der Waals surface area contributed by atoms with Crippen molar-refractivity contribution in [2.45, 2.75) is 71.3 Å². The summed E-state index contributed by atoms with van der Waals surface area (Å²) >= 11 is 5.34. The Kier molecular flexibility index (Phi) is 13.7. The van der Waals surface area contributed by atoms with Gasteiger partial charge in [0.25, 0.3) is 5.56 Å². The lowest BCUT2D eigenvalue weighted by molar-refractivity contribution is -0.157. The lowest BCUT2D eigenvalue weighted by atomic mass is 9.80. The zero-order chi connectivity index (χ0) is 40.7. The Balaban J connectivity index is 1.58. The minimum Gasteiger partial charge on any atom is -0.497 e. The molecule has 1 aliphatic heterocycles. The summed E-state index contributed by atoms with van der Waals surface area (Å²) in [6.45, 7) is 1.62. The quantitative estimate of drug-likeness (QED) is 0.0633. The fraction of sp³-hybridized carbons (Fsp3) is 0.400. The Bertz CT molecular complexity index is 2130. The average molecular weight is 808 g/mol. The summed E-state index contributed by atoms with van der Waals surface area (Å²) in [5.41, 5.74) is -1.10. The number of benzene rings is 3. The molecule has 1 aliphatic rings. The number of aryl methyl sites for hydroxylation is 1. The van der Waals surface area contributed by atoms with Crippen molar-refractivity contribution in [1.29, 1.82) is 5.26 Å². The zero-order valence-electron chi connectivity index (χ0n) is 32.1. The molecule has 0 radical (unpaired) electrons. The molecule has 0 saturated carbocycles. The number of nitriles is 1. The summed E-state index contributed by atoms with van der Waals surface area (Å²) in [5, 5.41) is 9.03. The van der Waals surface area contributed by atoms with E-state index in [1.165, 1.54) is 17.7 Å². The average Bonchev–Trinajstić information content (AvgIpc) is 3.57. The van der Waals surface area contributed by atoms with Gasteiger partial charge in [0.15, 0.2) is 6.73 Å². The number of carbonyl (C=O) groups excluding carboxylic acids is 1. The number of hydrogen-bond donors (Lipinski definition) is 1. The third-order valence-corrected chi connectivity index (χ3v) is 10.8. The maximum absolute atomic E-state index is 13.9. The second kappa shape index (κ2) is 18.1. The van der Waals surface area contributed by atoms with Crippen LogP contribution < -0.4 is 20.7 Å². The van der Waals surface area contributed by atoms with Crippen molar-refractivity contribution in [2.75, 3.05) is 27.4 Å². The number of esters is 1. The number of hydrogen-bond acceptors (Lipinski definition) is 12. The molecule has 1 saturated heterocycles. The van der Waals surface area contributed by atoms with Gasteiger partial charge in [0.05, 0.1) is 51.4 Å². The van der Waals surface area contributed by atoms with Crippen molar-refractivity contribution >= 4 is 24.5 Å². The number of nitrogens with zero attached hydrogens (tertiary/aromatic N) is 3. The van der Waals surface area contributed by atoms with Gasteiger partial charge in [-0.2, -0.15) is 5.26 Å². The van der Waals surface area contributed by atoms with E-state index in [1.54, 1.807) is 35.0 Å². The molecule has 0 bridgehead atoms. The number of aromatic nitrogens is 2. The van der Waals surface area contributed by atoms with Crippen LogP contribution in [0.4, 0.5) is 0 Å². The van der Waals surface area contributed by atoms with E-state index < -0.39 is 60.1 Å². The molecule has 298 valence electrons. The fourth-order valence-corrected chi connectivity index (χ4v) is 7.74. The highest BCUT2D eigenvalue weighted by molar-refractivity contribution is 8.07. The lowest BCUT2D eigenvalue weighted by Gasteiger charge is -2.37. The highest BCUT2D eigenvalue weighted by atomic mass is 32.5. The molecule has 14 nitrogen and oxygen atoms in total. The molecule has 4 atom stereocenters. The van der Waals surface area contributed by atoms with Gasteiger partial charge in [-0.25, -0.2) is 9.36 Å². The van der Waals surface area contributed by atoms with Crippen LogP contribution in [0.1, 0.15) is 62.1 Å². The van der Waals surface area contributed by atoms with E-state index in [0.29, 0.717) is 11.5 Å². The first kappa shape index (κ1) is 42.5. The van der Waals surface area contributed by atoms with Crippen molar-refractivity contribution in [3.8, 4) is 17.6 Å². The van der Waals surface area contributed by atoms with Crippen LogP contribution >= 0.6 is 6.72 Å². The standard InChI is InChI=1S/C40H46N3O11PS/c1-27-24-42(38(46)43(36(27)44)26-50-37(45)39(2,3)4)35-23-33(54-55(47,56)52-22-10-21-41)34(53-35)25-51-40(28-11-8-7-9-12-28,29-13-17-31(48-5)18-14-29)30-15-19-32(49-6)20-16-30/h7-9,11-20,24,33-35H,10,22-23,25-26H2,1-6H3,(H,47,56)/t33-,34+,35+,55?/m0/s1. The van der Waals surface area contributed by atoms with Gasteiger partial charge < -0.3 is 37.6 Å². The minimum absolute atomic E-state index is 0.0298. The van der Waals surface area contributed by atoms with Crippen LogP contribution in [0.2, 0.25) is 0 Å². The van der Waals surface area contributed by atoms with E-state index >= 15 is 0 Å². The number of ether oxygens (including phenoxy) is 5. The minimum atomic E-state index is -3.94. The maximum Gasteiger partial charge on any atom is 0.335 e. The van der Waals surface area contributed by atoms with Gasteiger partial charge in [-0.3, -0.25) is 14.2 Å². The van der Waals surface area contributed by atoms with E-state index in [2.05, 4.69) is 0 Å². The molecule has 56 heavy (non-hydrogen) atoms. The SMILES string of the molecule is COc1ccc(C(OC[C@H]2O[C@@H](n3cc(C)c(=O)n(COC(=O)C(C)(C)C)c3=O)C[C@@H]2OP(O)(=S)OCCC#N)(c2ccccc2)c2ccc(OC)cc2)cc1. The first-order chi connectivity index (χ1) is 26.6. The van der Waals surface area contributed by atoms with Gasteiger partial charge in [0, 0.05) is 18.2 Å². The first-order valence-corrected chi connectivity index (χ1v) is 20.4. The Morgan fingerprint density at radius 2 is 1.54 bits per heavy atom. The van der Waals surface area contributed by atoms with Crippen LogP contribution in [0, 0.1) is 23.7 Å². The smallest absolute Gasteiger partial charge is 0.335 e. The lowest BCUT2D eigenvalue weighted by Crippen LogP contribution is -2.43. The van der Waals surface area contributed by atoms with E-state index in [4.69, 9.17) is 49.8 Å². The largest absolute Gasteiger partial charge is 0.497 e. The topological polar surface area (TPSA) is 170 Å². The molecule has 1 N–H and O–H groups in total. The maximum atomic E-state index is 13.9. The van der Waals surface area contributed by atoms with Crippen LogP contribution in [0.15, 0.2) is 94.6 Å². The van der Waals surface area contributed by atoms with Crippen molar-refractivity contribution in [1.82, 2.24) is 9.13 Å². The molecule has 1 fully saturated rings. The molecule has 1 unspecified atom stereocenters. The van der Waals surface area contributed by atoms with Gasteiger partial charge in [0.1, 0.15) is 29.4 Å². The molecular formula is C40H46N3O11PS. The van der Waals surface area contributed by atoms with Crippen LogP contribution in [-0.2, 0) is 52.2 Å². The second-order valence-corrected chi connectivity index (χ2v) is 16.9. The molecule has 0 amide bonds. The van der Waals surface area contributed by atoms with Crippen LogP contribution in [0.25, 0.3) is 0 Å². The fourth-order valence-electron chi connectivity index (χ4n) is 6.24. The van der Waals surface area contributed by atoms with E-state index in [1.807, 2.05) is 84.9 Å². The molecule has 1 aromatic heterocycles. The van der Waals surface area contributed by atoms with Crippen molar-refractivity contribution < 1.29 is 42.4 Å². The summed E-state index contributed by atoms with van der Waals surface area (Å²) in [6, 6.07) is 26.4. The zero-order valence-corrected chi connectivity index (χ0v) is 33.8. The summed E-state index contributed by atoms with van der Waals surface area (Å²) in [7, 11) is 3.16. The van der Waals surface area contributed by atoms with Crippen LogP contribution in [-0.4, -0.2) is 59.6 Å². The van der Waals surface area contributed by atoms with Crippen LogP contribution in [0.5, 0.6) is 11.5 Å². The van der Waals surface area contributed by atoms with Crippen molar-refractivity contribution in [3.05, 3.63) is 128 Å². The highest BCUT2D eigenvalue weighted by Gasteiger charge is 2.45. The summed E-state index contributed by atoms with van der Waals surface area (Å²) in [4.78, 5) is 50.7. The summed E-state index contributed by atoms with van der Waals surface area (Å²) in [6.07, 6.45) is -1.72. The molecule has 2 heterocycles. The van der Waals surface area contributed by atoms with Crippen molar-refractivity contribution in [2.24, 2.45) is 5.41 Å². The first-order valence-electron chi connectivity index (χ1n) is 17.8. The molecule has 5 rings (SSSR count). The summed E-state index contributed by atoms with van der Waals surface area (Å²) < 4.78 is 43.4. The molecule has 0 spiro atoms. The van der Waals surface area contributed by atoms with Gasteiger partial charge in [-0.05, 0) is 80.5 Å². The Labute approximate surface area is 330 Å². The van der Waals surface area contributed by atoms with Gasteiger partial charge in [-0.1, -0.05) is 54.6 Å². The predicted molar refractivity (Wildman–Crippen MR) is 210 cm³/mol. The molecular weight excluding hydrogens is 761 g/mol. The Morgan fingerprint density at radius 3 is 2.07 bits per heavy atom. The molecule has 0 aliphatic carbocycles. The monoisotopic (exact) mass is 807 g/mol. The van der Waals surface area contributed by atoms with Gasteiger partial charge in [-0.15, -0.1) is 0 Å². The summed E-state index contributed by atoms with van der Waals surface area (Å²) in [5.74, 6) is 0.683. The molecule has 16 heteroatoms. The number of carbonyl (C=O) groups is 1. The Morgan fingerprint density at radius 1 is 0.964 bits per heavy atom. The molecule has 4 aromatic rings. The van der Waals surface area contributed by atoms with Gasteiger partial charge in [0.2, 0.25) is 0 Å². The molecule has 3 aromatic carbocycles. The van der Waals surface area contributed by atoms with Gasteiger partial charge >= 0.3 is 18.4 Å². The number of methoxy groups -OCH3 is 2. The third kappa shape index (κ3) is 9.65. The second-order valence-electron chi connectivity index (χ2n) is 14.1. The predicted octanol–water partition coefficient (Wildman–Crippen LogP) is 5.71. The number of rotatable bonds is 16. The normalized spacial score (nSPS) is 18.1. The van der Waals surface area contributed by atoms with E-state index in [-0.39, 0.29) is 31.6 Å². The third-order valence-electron chi connectivity index (χ3n) is 9.17. The van der Waals surface area contributed by atoms with Crippen molar-refractivity contribution in [3.63, 3.8) is 0 Å². The van der Waals surface area contributed by atoms with E-state index in [0.717, 1.165) is 21.3 Å². The highest BCUT2D eigenvalue weighted by Crippen LogP contribution is 2.49. The van der Waals surface area contributed by atoms with E-state index in [9.17, 15) is 19.3 Å². The Hall–Kier alpha value is -4.65. The van der Waals surface area contributed by atoms with Crippen LogP contribution in [0.3, 0.4) is 0 Å².